The SMILES string of the molecule is C1=CCC=C(c2cc(C3=CCCC=C3)nc(-c3ccc(C4=CCCC(c5cccc6c5-c5ccccc5C6(C5=CCCCC5)c5ccccc5)=C4)cc3)n2)C=C1. The van der Waals surface area contributed by atoms with E-state index >= 15 is 0 Å². The van der Waals surface area contributed by atoms with Crippen LogP contribution in [0.15, 0.2) is 176 Å². The van der Waals surface area contributed by atoms with E-state index in [2.05, 4.69) is 170 Å². The number of hydrogen-bond donors (Lipinski definition) is 0. The van der Waals surface area contributed by atoms with Gasteiger partial charge in [0.15, 0.2) is 5.82 Å². The highest BCUT2D eigenvalue weighted by molar-refractivity contribution is 5.96. The fourth-order valence-corrected chi connectivity index (χ4v) is 9.68. The second kappa shape index (κ2) is 14.8. The van der Waals surface area contributed by atoms with E-state index in [1.165, 1.54) is 68.5 Å². The Hall–Kier alpha value is -6.12. The maximum atomic E-state index is 5.14. The van der Waals surface area contributed by atoms with Gasteiger partial charge in [-0.2, -0.15) is 0 Å². The maximum Gasteiger partial charge on any atom is 0.160 e. The first-order chi connectivity index (χ1) is 27.8. The molecule has 0 saturated heterocycles. The third-order valence-electron chi connectivity index (χ3n) is 12.3. The second-order valence-electron chi connectivity index (χ2n) is 15.6. The van der Waals surface area contributed by atoms with Crippen LogP contribution in [0.1, 0.15) is 97.0 Å². The average Bonchev–Trinajstić information content (AvgIpc) is 3.38. The number of hydrogen-bond acceptors (Lipinski definition) is 2. The predicted molar refractivity (Wildman–Crippen MR) is 235 cm³/mol. The maximum absolute atomic E-state index is 5.14. The molecule has 1 heterocycles. The topological polar surface area (TPSA) is 25.8 Å². The summed E-state index contributed by atoms with van der Waals surface area (Å²) in [5.74, 6) is 0.762. The van der Waals surface area contributed by atoms with Gasteiger partial charge in [0.25, 0.3) is 0 Å². The van der Waals surface area contributed by atoms with Crippen molar-refractivity contribution in [2.24, 2.45) is 0 Å². The van der Waals surface area contributed by atoms with Gasteiger partial charge in [-0.15, -0.1) is 0 Å². The van der Waals surface area contributed by atoms with Crippen LogP contribution in [0.25, 0.3) is 44.8 Å². The van der Waals surface area contributed by atoms with Crippen molar-refractivity contribution in [2.45, 2.75) is 63.2 Å². The van der Waals surface area contributed by atoms with Gasteiger partial charge in [-0.1, -0.05) is 169 Å². The molecule has 272 valence electrons. The highest BCUT2D eigenvalue weighted by atomic mass is 14.9. The van der Waals surface area contributed by atoms with Gasteiger partial charge >= 0.3 is 0 Å². The lowest BCUT2D eigenvalue weighted by molar-refractivity contribution is 0.612. The summed E-state index contributed by atoms with van der Waals surface area (Å²) in [6.07, 6.45) is 34.8. The lowest BCUT2D eigenvalue weighted by Crippen LogP contribution is -2.30. The van der Waals surface area contributed by atoms with Crippen molar-refractivity contribution in [1.82, 2.24) is 9.97 Å². The van der Waals surface area contributed by atoms with E-state index in [1.54, 1.807) is 5.57 Å². The number of aromatic nitrogens is 2. The van der Waals surface area contributed by atoms with Crippen LogP contribution in [0.4, 0.5) is 0 Å². The van der Waals surface area contributed by atoms with Crippen molar-refractivity contribution < 1.29 is 0 Å². The number of benzene rings is 4. The van der Waals surface area contributed by atoms with Crippen LogP contribution in [0.5, 0.6) is 0 Å². The van der Waals surface area contributed by atoms with Gasteiger partial charge in [-0.05, 0) is 125 Å². The molecule has 0 aliphatic heterocycles. The molecule has 10 rings (SSSR count). The lowest BCUT2D eigenvalue weighted by Gasteiger charge is -2.37. The van der Waals surface area contributed by atoms with Crippen molar-refractivity contribution in [2.75, 3.05) is 0 Å². The van der Waals surface area contributed by atoms with Crippen LogP contribution in [0, 0.1) is 0 Å². The average molecular weight is 723 g/mol. The molecule has 4 aromatic carbocycles. The zero-order valence-corrected chi connectivity index (χ0v) is 31.9. The molecule has 0 fully saturated rings. The Balaban J connectivity index is 1.03. The Bertz CT molecular complexity index is 2580. The largest absolute Gasteiger partial charge is 0.228 e. The summed E-state index contributed by atoms with van der Waals surface area (Å²) in [7, 11) is 0. The van der Waals surface area contributed by atoms with Crippen molar-refractivity contribution in [1.29, 1.82) is 0 Å². The van der Waals surface area contributed by atoms with E-state index in [9.17, 15) is 0 Å². The smallest absolute Gasteiger partial charge is 0.160 e. The molecule has 1 aromatic heterocycles. The Morgan fingerprint density at radius 3 is 2.11 bits per heavy atom. The molecule has 1 atom stereocenters. The fourth-order valence-electron chi connectivity index (χ4n) is 9.68. The summed E-state index contributed by atoms with van der Waals surface area (Å²) in [5.41, 5.74) is 18.9. The quantitative estimate of drug-likeness (QED) is 0.156. The van der Waals surface area contributed by atoms with Gasteiger partial charge in [-0.3, -0.25) is 0 Å². The van der Waals surface area contributed by atoms with Crippen LogP contribution in [0.2, 0.25) is 0 Å². The number of rotatable bonds is 7. The summed E-state index contributed by atoms with van der Waals surface area (Å²) in [4.78, 5) is 10.3. The van der Waals surface area contributed by atoms with E-state index < -0.39 is 0 Å². The Morgan fingerprint density at radius 2 is 1.29 bits per heavy atom. The monoisotopic (exact) mass is 722 g/mol. The zero-order valence-electron chi connectivity index (χ0n) is 31.9. The van der Waals surface area contributed by atoms with Crippen molar-refractivity contribution in [3.63, 3.8) is 0 Å². The van der Waals surface area contributed by atoms with Gasteiger partial charge in [0, 0.05) is 5.56 Å². The molecule has 5 aliphatic rings. The number of fused-ring (bicyclic) bond motifs is 3. The lowest BCUT2D eigenvalue weighted by atomic mass is 9.65. The highest BCUT2D eigenvalue weighted by Gasteiger charge is 2.48. The first kappa shape index (κ1) is 34.4. The van der Waals surface area contributed by atoms with E-state index in [0.29, 0.717) is 0 Å². The molecule has 1 unspecified atom stereocenters. The molecule has 0 N–H and O–H groups in total. The Labute approximate surface area is 331 Å². The molecule has 0 amide bonds. The standard InChI is InChI=1S/C54H46N2/c1-2-7-19-39(18-6-1)50-37-51(40-20-8-3-9-21-40)56-53(55-50)41-34-32-38(33-35-41)42-22-16-23-43(36-42)46-29-17-31-49-52(46)47-28-14-15-30-48(47)54(49,44-24-10-4-11-25-44)45-26-12-5-13-27-45/h1-2,4,6,8,10-11,14-15,17-22,24-26,28-37H,3,5,7,9,12-13,16,23,27H2. The van der Waals surface area contributed by atoms with Crippen LogP contribution in [0.3, 0.4) is 0 Å². The molecule has 0 spiro atoms. The minimum atomic E-state index is -0.268. The molecule has 2 heteroatoms. The van der Waals surface area contributed by atoms with E-state index in [1.807, 2.05) is 0 Å². The van der Waals surface area contributed by atoms with E-state index in [-0.39, 0.29) is 5.41 Å². The summed E-state index contributed by atoms with van der Waals surface area (Å²) in [6, 6.07) is 38.7. The molecule has 0 radical (unpaired) electrons. The Morgan fingerprint density at radius 1 is 0.518 bits per heavy atom. The molecule has 56 heavy (non-hydrogen) atoms. The van der Waals surface area contributed by atoms with Gasteiger partial charge in [0.1, 0.15) is 0 Å². The molecular weight excluding hydrogens is 677 g/mol. The first-order valence-electron chi connectivity index (χ1n) is 20.6. The second-order valence-corrected chi connectivity index (χ2v) is 15.6. The normalized spacial score (nSPS) is 19.9. The minimum Gasteiger partial charge on any atom is -0.228 e. The number of nitrogens with zero attached hydrogens (tertiary/aromatic N) is 2. The Kier molecular flexibility index (Phi) is 9.11. The molecular formula is C54H46N2. The summed E-state index contributed by atoms with van der Waals surface area (Å²) in [6.45, 7) is 0. The van der Waals surface area contributed by atoms with Crippen molar-refractivity contribution >= 4 is 22.3 Å². The zero-order chi connectivity index (χ0) is 37.3. The van der Waals surface area contributed by atoms with Gasteiger partial charge in [0.2, 0.25) is 0 Å². The third kappa shape index (κ3) is 6.05. The van der Waals surface area contributed by atoms with Gasteiger partial charge < -0.3 is 0 Å². The third-order valence-corrected chi connectivity index (χ3v) is 12.3. The van der Waals surface area contributed by atoms with Crippen LogP contribution in [-0.2, 0) is 5.41 Å². The summed E-state index contributed by atoms with van der Waals surface area (Å²) < 4.78 is 0. The molecule has 0 saturated carbocycles. The number of allylic oxidation sites excluding steroid dienone is 16. The molecule has 2 nitrogen and oxygen atoms in total. The van der Waals surface area contributed by atoms with E-state index in [4.69, 9.17) is 9.97 Å². The van der Waals surface area contributed by atoms with Crippen LogP contribution in [-0.4, -0.2) is 9.97 Å². The fraction of sp³-hybridized carbons (Fsp3) is 0.185. The van der Waals surface area contributed by atoms with Crippen LogP contribution >= 0.6 is 0 Å². The molecule has 5 aliphatic carbocycles. The first-order valence-corrected chi connectivity index (χ1v) is 20.6. The van der Waals surface area contributed by atoms with Crippen LogP contribution < -0.4 is 0 Å². The van der Waals surface area contributed by atoms with Gasteiger partial charge in [-0.25, -0.2) is 9.97 Å². The predicted octanol–water partition coefficient (Wildman–Crippen LogP) is 13.9. The minimum absolute atomic E-state index is 0.268. The van der Waals surface area contributed by atoms with Crippen molar-refractivity contribution in [3.05, 3.63) is 215 Å². The summed E-state index contributed by atoms with van der Waals surface area (Å²) in [5, 5.41) is 0. The van der Waals surface area contributed by atoms with Gasteiger partial charge in [0.05, 0.1) is 16.8 Å². The van der Waals surface area contributed by atoms with Crippen molar-refractivity contribution in [3.8, 4) is 22.5 Å². The molecule has 5 aromatic rings. The molecule has 0 bridgehead atoms. The summed E-state index contributed by atoms with van der Waals surface area (Å²) >= 11 is 0. The van der Waals surface area contributed by atoms with E-state index in [0.717, 1.165) is 73.3 Å². The highest BCUT2D eigenvalue weighted by Crippen LogP contribution is 2.59.